The van der Waals surface area contributed by atoms with Gasteiger partial charge in [-0.3, -0.25) is 14.9 Å². The first-order chi connectivity index (χ1) is 10.6. The second kappa shape index (κ2) is 7.91. The summed E-state index contributed by atoms with van der Waals surface area (Å²) in [6.45, 7) is 3.70. The Bertz CT molecular complexity index is 500. The highest BCUT2D eigenvalue weighted by molar-refractivity contribution is 5.83. The number of benzene rings is 1. The van der Waals surface area contributed by atoms with Crippen molar-refractivity contribution < 1.29 is 19.4 Å². The Morgan fingerprint density at radius 1 is 1.27 bits per heavy atom. The van der Waals surface area contributed by atoms with Gasteiger partial charge in [-0.1, -0.05) is 30.3 Å². The van der Waals surface area contributed by atoms with E-state index < -0.39 is 18.1 Å². The van der Waals surface area contributed by atoms with Crippen molar-refractivity contribution >= 4 is 11.9 Å². The molecule has 2 N–H and O–H groups in total. The molecule has 6 heteroatoms. The van der Waals surface area contributed by atoms with Crippen molar-refractivity contribution in [3.8, 4) is 0 Å². The Morgan fingerprint density at radius 2 is 1.91 bits per heavy atom. The summed E-state index contributed by atoms with van der Waals surface area (Å²) in [5.41, 5.74) is 0.999. The van der Waals surface area contributed by atoms with Crippen LogP contribution in [0.15, 0.2) is 30.3 Å². The normalized spacial score (nSPS) is 17.8. The zero-order valence-corrected chi connectivity index (χ0v) is 12.7. The van der Waals surface area contributed by atoms with Crippen molar-refractivity contribution in [2.24, 2.45) is 0 Å². The summed E-state index contributed by atoms with van der Waals surface area (Å²) >= 11 is 0. The van der Waals surface area contributed by atoms with E-state index in [1.54, 1.807) is 11.8 Å². The van der Waals surface area contributed by atoms with E-state index in [9.17, 15) is 9.59 Å². The van der Waals surface area contributed by atoms with Crippen LogP contribution >= 0.6 is 0 Å². The Hall–Kier alpha value is -1.92. The maximum Gasteiger partial charge on any atom is 0.320 e. The van der Waals surface area contributed by atoms with Gasteiger partial charge in [0.1, 0.15) is 6.04 Å². The van der Waals surface area contributed by atoms with Gasteiger partial charge in [-0.2, -0.15) is 0 Å². The van der Waals surface area contributed by atoms with Crippen molar-refractivity contribution in [1.29, 1.82) is 0 Å². The maximum atomic E-state index is 12.7. The Morgan fingerprint density at radius 3 is 2.50 bits per heavy atom. The number of carboxylic acid groups (broad SMARTS) is 1. The standard InChI is InChI=1S/C16H22N2O4/c1-12(16(20)21)17-14(11-13-5-3-2-4-6-13)15(19)18-7-9-22-10-8-18/h2-6,12,14,17H,7-11H2,1H3,(H,20,21)/t12-,14-/m0/s1. The number of morpholine rings is 1. The average molecular weight is 306 g/mol. The first kappa shape index (κ1) is 16.5. The molecule has 0 aliphatic carbocycles. The number of carbonyl (C=O) groups is 2. The summed E-state index contributed by atoms with van der Waals surface area (Å²) < 4.78 is 5.26. The fourth-order valence-corrected chi connectivity index (χ4v) is 2.44. The molecule has 0 aromatic heterocycles. The van der Waals surface area contributed by atoms with Crippen LogP contribution in [0.25, 0.3) is 0 Å². The van der Waals surface area contributed by atoms with Crippen molar-refractivity contribution in [3.63, 3.8) is 0 Å². The van der Waals surface area contributed by atoms with Crippen LogP contribution in [0, 0.1) is 0 Å². The Balaban J connectivity index is 2.09. The average Bonchev–Trinajstić information content (AvgIpc) is 2.55. The van der Waals surface area contributed by atoms with Crippen LogP contribution in [0.1, 0.15) is 12.5 Å². The molecule has 1 aliphatic rings. The lowest BCUT2D eigenvalue weighted by Crippen LogP contribution is -2.54. The zero-order valence-electron chi connectivity index (χ0n) is 12.7. The molecule has 1 aromatic carbocycles. The molecule has 1 aromatic rings. The summed E-state index contributed by atoms with van der Waals surface area (Å²) in [6, 6.07) is 8.28. The third-order valence-electron chi connectivity index (χ3n) is 3.73. The van der Waals surface area contributed by atoms with E-state index in [2.05, 4.69) is 5.32 Å². The molecule has 0 spiro atoms. The third-order valence-corrected chi connectivity index (χ3v) is 3.73. The van der Waals surface area contributed by atoms with Crippen LogP contribution in [0.4, 0.5) is 0 Å². The first-order valence-electron chi connectivity index (χ1n) is 7.47. The molecule has 1 heterocycles. The van der Waals surface area contributed by atoms with Gasteiger partial charge in [-0.25, -0.2) is 0 Å². The number of nitrogens with zero attached hydrogens (tertiary/aromatic N) is 1. The molecule has 2 atom stereocenters. The number of hydrogen-bond acceptors (Lipinski definition) is 4. The minimum atomic E-state index is -0.965. The topological polar surface area (TPSA) is 78.9 Å². The number of hydrogen-bond donors (Lipinski definition) is 2. The number of ether oxygens (including phenoxy) is 1. The molecule has 0 saturated carbocycles. The van der Waals surface area contributed by atoms with Crippen LogP contribution < -0.4 is 5.32 Å². The van der Waals surface area contributed by atoms with Gasteiger partial charge in [-0.15, -0.1) is 0 Å². The Kier molecular flexibility index (Phi) is 5.91. The van der Waals surface area contributed by atoms with Crippen LogP contribution in [-0.2, 0) is 20.7 Å². The lowest BCUT2D eigenvalue weighted by molar-refractivity contribution is -0.141. The van der Waals surface area contributed by atoms with E-state index in [0.717, 1.165) is 5.56 Å². The molecule has 0 bridgehead atoms. The molecule has 2 rings (SSSR count). The summed E-state index contributed by atoms with van der Waals surface area (Å²) in [7, 11) is 0. The monoisotopic (exact) mass is 306 g/mol. The summed E-state index contributed by atoms with van der Waals surface area (Å²) in [6.07, 6.45) is 0.467. The SMILES string of the molecule is C[C@H](N[C@@H](Cc1ccccc1)C(=O)N1CCOCC1)C(=O)O. The molecule has 1 amide bonds. The highest BCUT2D eigenvalue weighted by Gasteiger charge is 2.28. The highest BCUT2D eigenvalue weighted by atomic mass is 16.5. The maximum absolute atomic E-state index is 12.7. The number of amides is 1. The van der Waals surface area contributed by atoms with E-state index in [1.807, 2.05) is 30.3 Å². The quantitative estimate of drug-likeness (QED) is 0.801. The van der Waals surface area contributed by atoms with Gasteiger partial charge in [-0.05, 0) is 18.9 Å². The van der Waals surface area contributed by atoms with Crippen molar-refractivity contribution in [2.75, 3.05) is 26.3 Å². The molecule has 1 saturated heterocycles. The molecule has 120 valence electrons. The first-order valence-corrected chi connectivity index (χ1v) is 7.47. The largest absolute Gasteiger partial charge is 0.480 e. The van der Waals surface area contributed by atoms with Gasteiger partial charge in [0.15, 0.2) is 0 Å². The second-order valence-electron chi connectivity index (χ2n) is 5.41. The van der Waals surface area contributed by atoms with Crippen molar-refractivity contribution in [3.05, 3.63) is 35.9 Å². The molecule has 6 nitrogen and oxygen atoms in total. The van der Waals surface area contributed by atoms with Crippen LogP contribution in [0.2, 0.25) is 0 Å². The molecule has 1 aliphatic heterocycles. The van der Waals surface area contributed by atoms with Gasteiger partial charge in [0.2, 0.25) is 5.91 Å². The van der Waals surface area contributed by atoms with Gasteiger partial charge in [0.25, 0.3) is 0 Å². The van der Waals surface area contributed by atoms with Gasteiger partial charge in [0.05, 0.1) is 19.3 Å². The number of rotatable bonds is 6. The molecule has 0 unspecified atom stereocenters. The van der Waals surface area contributed by atoms with E-state index in [4.69, 9.17) is 9.84 Å². The number of aliphatic carboxylic acids is 1. The summed E-state index contributed by atoms with van der Waals surface area (Å²) in [4.78, 5) is 25.5. The van der Waals surface area contributed by atoms with Gasteiger partial charge in [0, 0.05) is 13.1 Å². The van der Waals surface area contributed by atoms with Crippen molar-refractivity contribution in [2.45, 2.75) is 25.4 Å². The fourth-order valence-electron chi connectivity index (χ4n) is 2.44. The molecule has 0 radical (unpaired) electrons. The fraction of sp³-hybridized carbons (Fsp3) is 0.500. The highest BCUT2D eigenvalue weighted by Crippen LogP contribution is 2.09. The minimum Gasteiger partial charge on any atom is -0.480 e. The lowest BCUT2D eigenvalue weighted by atomic mass is 10.0. The molecular formula is C16H22N2O4. The van der Waals surface area contributed by atoms with Crippen LogP contribution in [0.3, 0.4) is 0 Å². The van der Waals surface area contributed by atoms with E-state index in [1.165, 1.54) is 0 Å². The molecular weight excluding hydrogens is 284 g/mol. The van der Waals surface area contributed by atoms with Crippen molar-refractivity contribution in [1.82, 2.24) is 10.2 Å². The third kappa shape index (κ3) is 4.54. The van der Waals surface area contributed by atoms with E-state index in [0.29, 0.717) is 32.7 Å². The predicted octanol–water partition coefficient (Wildman–Crippen LogP) is 0.519. The van der Waals surface area contributed by atoms with Gasteiger partial charge < -0.3 is 14.7 Å². The van der Waals surface area contributed by atoms with Crippen LogP contribution in [0.5, 0.6) is 0 Å². The zero-order chi connectivity index (χ0) is 15.9. The number of carbonyl (C=O) groups excluding carboxylic acids is 1. The summed E-state index contributed by atoms with van der Waals surface area (Å²) in [5, 5.41) is 12.0. The molecule has 1 fully saturated rings. The van der Waals surface area contributed by atoms with Gasteiger partial charge >= 0.3 is 5.97 Å². The number of nitrogens with one attached hydrogen (secondary N) is 1. The Labute approximate surface area is 130 Å². The summed E-state index contributed by atoms with van der Waals surface area (Å²) in [5.74, 6) is -1.03. The van der Waals surface area contributed by atoms with E-state index >= 15 is 0 Å². The second-order valence-corrected chi connectivity index (χ2v) is 5.41. The van der Waals surface area contributed by atoms with E-state index in [-0.39, 0.29) is 5.91 Å². The molecule has 22 heavy (non-hydrogen) atoms. The lowest BCUT2D eigenvalue weighted by Gasteiger charge is -2.31. The smallest absolute Gasteiger partial charge is 0.320 e. The number of carboxylic acids is 1. The van der Waals surface area contributed by atoms with Crippen LogP contribution in [-0.4, -0.2) is 60.3 Å². The minimum absolute atomic E-state index is 0.0692. The predicted molar refractivity (Wildman–Crippen MR) is 81.6 cm³/mol.